The fourth-order valence-electron chi connectivity index (χ4n) is 3.20. The van der Waals surface area contributed by atoms with Gasteiger partial charge in [-0.2, -0.15) is 0 Å². The molecule has 1 heterocycles. The molecule has 1 saturated heterocycles. The van der Waals surface area contributed by atoms with Crippen LogP contribution in [0.2, 0.25) is 0 Å². The van der Waals surface area contributed by atoms with Crippen LogP contribution in [0.25, 0.3) is 5.76 Å². The van der Waals surface area contributed by atoms with Crippen LogP contribution in [-0.2, 0) is 9.59 Å². The highest BCUT2D eigenvalue weighted by Crippen LogP contribution is 2.44. The van der Waals surface area contributed by atoms with Gasteiger partial charge in [0, 0.05) is 18.2 Å². The predicted octanol–water partition coefficient (Wildman–Crippen LogP) is 2.89. The van der Waals surface area contributed by atoms with Gasteiger partial charge >= 0.3 is 0 Å². The maximum Gasteiger partial charge on any atom is 0.295 e. The number of ketones is 1. The Morgan fingerprint density at radius 3 is 2.33 bits per heavy atom. The van der Waals surface area contributed by atoms with E-state index in [1.807, 2.05) is 0 Å². The molecule has 0 spiro atoms. The van der Waals surface area contributed by atoms with Crippen molar-refractivity contribution in [1.82, 2.24) is 4.90 Å². The van der Waals surface area contributed by atoms with Crippen molar-refractivity contribution in [1.29, 1.82) is 0 Å². The second-order valence-electron chi connectivity index (χ2n) is 6.00. The van der Waals surface area contributed by atoms with Crippen LogP contribution in [0.3, 0.4) is 0 Å². The third-order valence-electron chi connectivity index (χ3n) is 4.52. The fraction of sp³-hybridized carbons (Fsp3) is 0.200. The number of methoxy groups -OCH3 is 2. The first-order valence-electron chi connectivity index (χ1n) is 8.12. The molecule has 2 aromatic rings. The van der Waals surface area contributed by atoms with Crippen LogP contribution in [0.1, 0.15) is 17.2 Å². The fourth-order valence-corrected chi connectivity index (χ4v) is 3.20. The number of Topliss-reactive ketones (excluding diaryl/α,β-unsaturated/α-hetero) is 1. The number of halogens is 1. The Kier molecular flexibility index (Phi) is 4.85. The Morgan fingerprint density at radius 2 is 1.74 bits per heavy atom. The molecule has 0 aromatic heterocycles. The van der Waals surface area contributed by atoms with Crippen molar-refractivity contribution < 1.29 is 28.6 Å². The molecule has 2 aromatic carbocycles. The molecule has 6 nitrogen and oxygen atoms in total. The summed E-state index contributed by atoms with van der Waals surface area (Å²) >= 11 is 0. The van der Waals surface area contributed by atoms with E-state index in [4.69, 9.17) is 9.47 Å². The quantitative estimate of drug-likeness (QED) is 0.508. The van der Waals surface area contributed by atoms with Crippen molar-refractivity contribution in [3.05, 3.63) is 65.0 Å². The third kappa shape index (κ3) is 3.01. The Morgan fingerprint density at radius 1 is 1.07 bits per heavy atom. The van der Waals surface area contributed by atoms with E-state index in [1.165, 1.54) is 38.3 Å². The summed E-state index contributed by atoms with van der Waals surface area (Å²) in [6.07, 6.45) is 0. The molecule has 140 valence electrons. The molecule has 3 rings (SSSR count). The number of rotatable bonds is 4. The summed E-state index contributed by atoms with van der Waals surface area (Å²) in [6, 6.07) is 9.21. The summed E-state index contributed by atoms with van der Waals surface area (Å²) in [5, 5.41) is 10.7. The molecule has 1 N–H and O–H groups in total. The number of para-hydroxylation sites is 1. The molecule has 1 aliphatic rings. The molecule has 7 heteroatoms. The number of aliphatic hydroxyl groups is 1. The average molecular weight is 371 g/mol. The summed E-state index contributed by atoms with van der Waals surface area (Å²) in [6.45, 7) is 0. The lowest BCUT2D eigenvalue weighted by atomic mass is 9.94. The average Bonchev–Trinajstić information content (AvgIpc) is 2.91. The highest BCUT2D eigenvalue weighted by molar-refractivity contribution is 6.46. The summed E-state index contributed by atoms with van der Waals surface area (Å²) < 4.78 is 23.9. The highest BCUT2D eigenvalue weighted by Gasteiger charge is 2.45. The Hall–Kier alpha value is -3.35. The molecule has 1 fully saturated rings. The Labute approximate surface area is 155 Å². The van der Waals surface area contributed by atoms with Crippen molar-refractivity contribution in [2.75, 3.05) is 21.3 Å². The molecule has 1 aliphatic heterocycles. The van der Waals surface area contributed by atoms with Crippen LogP contribution in [0, 0.1) is 5.82 Å². The number of likely N-dealkylation sites (N-methyl/N-ethyl adjacent to an activating group) is 1. The van der Waals surface area contributed by atoms with E-state index in [0.29, 0.717) is 17.1 Å². The van der Waals surface area contributed by atoms with Gasteiger partial charge in [0.1, 0.15) is 11.6 Å². The van der Waals surface area contributed by atoms with Gasteiger partial charge in [0.2, 0.25) is 0 Å². The molecule has 1 unspecified atom stereocenters. The maximum atomic E-state index is 13.2. The number of carbonyl (C=O) groups is 2. The van der Waals surface area contributed by atoms with E-state index >= 15 is 0 Å². The summed E-state index contributed by atoms with van der Waals surface area (Å²) in [5.74, 6) is -1.66. The van der Waals surface area contributed by atoms with Crippen LogP contribution < -0.4 is 9.47 Å². The molecule has 27 heavy (non-hydrogen) atoms. The second kappa shape index (κ2) is 7.11. The normalized spacial score (nSPS) is 18.7. The van der Waals surface area contributed by atoms with Crippen LogP contribution in [-0.4, -0.2) is 43.0 Å². The van der Waals surface area contributed by atoms with Crippen molar-refractivity contribution in [3.63, 3.8) is 0 Å². The van der Waals surface area contributed by atoms with E-state index in [-0.39, 0.29) is 16.9 Å². The molecule has 1 amide bonds. The Bertz CT molecular complexity index is 936. The van der Waals surface area contributed by atoms with Gasteiger partial charge in [-0.25, -0.2) is 4.39 Å². The van der Waals surface area contributed by atoms with E-state index in [1.54, 1.807) is 18.2 Å². The Balaban J connectivity index is 2.24. The first-order chi connectivity index (χ1) is 12.9. The maximum absolute atomic E-state index is 13.2. The zero-order valence-electron chi connectivity index (χ0n) is 15.0. The van der Waals surface area contributed by atoms with Crippen molar-refractivity contribution >= 4 is 17.4 Å². The minimum Gasteiger partial charge on any atom is -0.507 e. The van der Waals surface area contributed by atoms with Gasteiger partial charge in [-0.3, -0.25) is 9.59 Å². The predicted molar refractivity (Wildman–Crippen MR) is 96.0 cm³/mol. The summed E-state index contributed by atoms with van der Waals surface area (Å²) in [5.41, 5.74) is 0.623. The van der Waals surface area contributed by atoms with Crippen molar-refractivity contribution in [3.8, 4) is 11.5 Å². The number of nitrogens with zero attached hydrogens (tertiary/aromatic N) is 1. The topological polar surface area (TPSA) is 76.1 Å². The van der Waals surface area contributed by atoms with Gasteiger partial charge in [0.05, 0.1) is 25.8 Å². The smallest absolute Gasteiger partial charge is 0.295 e. The molecule has 1 atom stereocenters. The number of hydrogen-bond acceptors (Lipinski definition) is 5. The first-order valence-corrected chi connectivity index (χ1v) is 8.12. The van der Waals surface area contributed by atoms with E-state index in [9.17, 15) is 19.1 Å². The number of ether oxygens (including phenoxy) is 2. The SMILES string of the molecule is COc1cccc(C2/C(=C(\O)c3ccc(F)cc3)C(=O)C(=O)N2C)c1OC. The largest absolute Gasteiger partial charge is 0.507 e. The van der Waals surface area contributed by atoms with Crippen LogP contribution >= 0.6 is 0 Å². The van der Waals surface area contributed by atoms with E-state index in [2.05, 4.69) is 0 Å². The van der Waals surface area contributed by atoms with Gasteiger partial charge in [-0.1, -0.05) is 12.1 Å². The van der Waals surface area contributed by atoms with E-state index < -0.39 is 23.5 Å². The van der Waals surface area contributed by atoms with Gasteiger partial charge in [0.15, 0.2) is 11.5 Å². The summed E-state index contributed by atoms with van der Waals surface area (Å²) in [7, 11) is 4.39. The highest BCUT2D eigenvalue weighted by atomic mass is 19.1. The number of aliphatic hydroxyl groups excluding tert-OH is 1. The number of carbonyl (C=O) groups excluding carboxylic acids is 2. The minimum absolute atomic E-state index is 0.0966. The van der Waals surface area contributed by atoms with Crippen LogP contribution in [0.15, 0.2) is 48.0 Å². The minimum atomic E-state index is -0.875. The molecule has 0 saturated carbocycles. The molecular weight excluding hydrogens is 353 g/mol. The molecule has 0 radical (unpaired) electrons. The third-order valence-corrected chi connectivity index (χ3v) is 4.52. The number of likely N-dealkylation sites (tertiary alicyclic amines) is 1. The van der Waals surface area contributed by atoms with Crippen molar-refractivity contribution in [2.45, 2.75) is 6.04 Å². The lowest BCUT2D eigenvalue weighted by Gasteiger charge is -2.23. The van der Waals surface area contributed by atoms with E-state index in [0.717, 1.165) is 12.1 Å². The first kappa shape index (κ1) is 18.4. The summed E-state index contributed by atoms with van der Waals surface area (Å²) in [4.78, 5) is 26.2. The zero-order chi connectivity index (χ0) is 19.7. The second-order valence-corrected chi connectivity index (χ2v) is 6.00. The van der Waals surface area contributed by atoms with Crippen LogP contribution in [0.4, 0.5) is 4.39 Å². The van der Waals surface area contributed by atoms with Gasteiger partial charge in [-0.05, 0) is 30.3 Å². The van der Waals surface area contributed by atoms with Gasteiger partial charge in [-0.15, -0.1) is 0 Å². The number of benzene rings is 2. The van der Waals surface area contributed by atoms with Crippen LogP contribution in [0.5, 0.6) is 11.5 Å². The lowest BCUT2D eigenvalue weighted by molar-refractivity contribution is -0.139. The number of hydrogen-bond donors (Lipinski definition) is 1. The zero-order valence-corrected chi connectivity index (χ0v) is 15.0. The molecule has 0 aliphatic carbocycles. The monoisotopic (exact) mass is 371 g/mol. The van der Waals surface area contributed by atoms with Gasteiger partial charge in [0.25, 0.3) is 11.7 Å². The standard InChI is InChI=1S/C20H18FNO5/c1-22-16(13-5-4-6-14(26-2)19(13)27-3)15(18(24)20(22)25)17(23)11-7-9-12(21)10-8-11/h4-10,16,23H,1-3H3/b17-15+. The number of amides is 1. The van der Waals surface area contributed by atoms with Crippen molar-refractivity contribution in [2.24, 2.45) is 0 Å². The molecular formula is C20H18FNO5. The van der Waals surface area contributed by atoms with Gasteiger partial charge < -0.3 is 19.5 Å². The molecule has 0 bridgehead atoms. The lowest BCUT2D eigenvalue weighted by Crippen LogP contribution is -2.25.